The van der Waals surface area contributed by atoms with Crippen LogP contribution in [0.3, 0.4) is 0 Å². The highest BCUT2D eigenvalue weighted by Crippen LogP contribution is 2.22. The highest BCUT2D eigenvalue weighted by Gasteiger charge is 2.25. The van der Waals surface area contributed by atoms with Crippen LogP contribution in [0.4, 0.5) is 0 Å². The van der Waals surface area contributed by atoms with Crippen molar-refractivity contribution in [1.29, 1.82) is 0 Å². The van der Waals surface area contributed by atoms with Crippen molar-refractivity contribution in [2.24, 2.45) is 5.73 Å². The number of halogens is 2. The maximum Gasteiger partial charge on any atom is 0.227 e. The lowest BCUT2D eigenvalue weighted by atomic mass is 9.98. The van der Waals surface area contributed by atoms with Gasteiger partial charge in [0.1, 0.15) is 0 Å². The van der Waals surface area contributed by atoms with E-state index in [1.807, 2.05) is 22.5 Å². The Morgan fingerprint density at radius 3 is 2.96 bits per heavy atom. The summed E-state index contributed by atoms with van der Waals surface area (Å²) in [5.74, 6) is 0.233. The zero-order valence-electron chi connectivity index (χ0n) is 12.9. The van der Waals surface area contributed by atoms with Crippen molar-refractivity contribution < 1.29 is 4.79 Å². The Morgan fingerprint density at radius 1 is 1.35 bits per heavy atom. The molecule has 1 atom stereocenters. The fourth-order valence-corrected chi connectivity index (χ4v) is 3.85. The number of thiazole rings is 1. The third-order valence-electron chi connectivity index (χ3n) is 4.20. The maximum atomic E-state index is 12.6. The number of aromatic nitrogens is 1. The number of carbonyl (C=O) groups excluding carboxylic acids is 1. The van der Waals surface area contributed by atoms with Crippen LogP contribution in [0, 0.1) is 0 Å². The van der Waals surface area contributed by atoms with Crippen LogP contribution in [-0.4, -0.2) is 34.9 Å². The molecule has 1 fully saturated rings. The average molecular weight is 376 g/mol. The van der Waals surface area contributed by atoms with E-state index in [2.05, 4.69) is 11.1 Å². The van der Waals surface area contributed by atoms with E-state index in [0.717, 1.165) is 41.6 Å². The van der Waals surface area contributed by atoms with Crippen LogP contribution in [0.15, 0.2) is 23.7 Å². The van der Waals surface area contributed by atoms with E-state index >= 15 is 0 Å². The van der Waals surface area contributed by atoms with Crippen LogP contribution >= 0.6 is 36.2 Å². The smallest absolute Gasteiger partial charge is 0.227 e. The van der Waals surface area contributed by atoms with E-state index in [1.165, 1.54) is 6.42 Å². The molecule has 7 heteroatoms. The van der Waals surface area contributed by atoms with E-state index < -0.39 is 0 Å². The monoisotopic (exact) mass is 375 g/mol. The van der Waals surface area contributed by atoms with Gasteiger partial charge in [0.2, 0.25) is 5.91 Å². The first kappa shape index (κ1) is 20.2. The molecular formula is C16H23Cl2N3OS. The van der Waals surface area contributed by atoms with Crippen LogP contribution in [0.5, 0.6) is 0 Å². The van der Waals surface area contributed by atoms with Gasteiger partial charge in [0.15, 0.2) is 0 Å². The summed E-state index contributed by atoms with van der Waals surface area (Å²) < 4.78 is 1.15. The quantitative estimate of drug-likeness (QED) is 0.890. The van der Waals surface area contributed by atoms with E-state index in [4.69, 9.17) is 5.73 Å². The zero-order valence-corrected chi connectivity index (χ0v) is 15.4. The lowest BCUT2D eigenvalue weighted by Gasteiger charge is -2.35. The predicted octanol–water partition coefficient (Wildman–Crippen LogP) is 3.41. The predicted molar refractivity (Wildman–Crippen MR) is 101 cm³/mol. The molecule has 2 heterocycles. The summed E-state index contributed by atoms with van der Waals surface area (Å²) in [7, 11) is 0. The maximum absolute atomic E-state index is 12.6. The molecule has 1 aliphatic rings. The largest absolute Gasteiger partial charge is 0.339 e. The molecular weight excluding hydrogens is 353 g/mol. The number of rotatable bonds is 4. The van der Waals surface area contributed by atoms with Crippen molar-refractivity contribution in [2.75, 3.05) is 13.1 Å². The van der Waals surface area contributed by atoms with E-state index in [1.54, 1.807) is 11.3 Å². The zero-order chi connectivity index (χ0) is 14.7. The Labute approximate surface area is 153 Å². The number of nitrogens with zero attached hydrogens (tertiary/aromatic N) is 2. The summed E-state index contributed by atoms with van der Waals surface area (Å²) in [6.45, 7) is 1.54. The summed E-state index contributed by atoms with van der Waals surface area (Å²) >= 11 is 1.62. The lowest BCUT2D eigenvalue weighted by molar-refractivity contribution is -0.134. The average Bonchev–Trinajstić information content (AvgIpc) is 2.95. The Kier molecular flexibility index (Phi) is 8.26. The third kappa shape index (κ3) is 4.80. The van der Waals surface area contributed by atoms with Crippen LogP contribution in [0.25, 0.3) is 10.2 Å². The number of likely N-dealkylation sites (tertiary alicyclic amines) is 1. The van der Waals surface area contributed by atoms with E-state index in [9.17, 15) is 4.79 Å². The molecule has 1 aromatic carbocycles. The molecule has 23 heavy (non-hydrogen) atoms. The minimum atomic E-state index is 0. The topological polar surface area (TPSA) is 59.2 Å². The van der Waals surface area contributed by atoms with Gasteiger partial charge in [-0.05, 0) is 49.9 Å². The van der Waals surface area contributed by atoms with Crippen molar-refractivity contribution in [3.05, 3.63) is 29.3 Å². The number of nitrogens with two attached hydrogens (primary N) is 1. The summed E-state index contributed by atoms with van der Waals surface area (Å²) in [4.78, 5) is 18.9. The van der Waals surface area contributed by atoms with Crippen molar-refractivity contribution in [3.63, 3.8) is 0 Å². The van der Waals surface area contributed by atoms with Crippen LogP contribution in [0.2, 0.25) is 0 Å². The van der Waals surface area contributed by atoms with Gasteiger partial charge in [0.05, 0.1) is 22.1 Å². The molecule has 1 aromatic heterocycles. The third-order valence-corrected chi connectivity index (χ3v) is 4.99. The number of carbonyl (C=O) groups is 1. The molecule has 1 amide bonds. The highest BCUT2D eigenvalue weighted by molar-refractivity contribution is 7.16. The number of hydrogen-bond donors (Lipinski definition) is 1. The molecule has 1 aliphatic heterocycles. The lowest BCUT2D eigenvalue weighted by Crippen LogP contribution is -2.45. The molecule has 0 bridgehead atoms. The molecule has 0 saturated carbocycles. The minimum Gasteiger partial charge on any atom is -0.339 e. The van der Waals surface area contributed by atoms with Crippen LogP contribution < -0.4 is 5.73 Å². The number of amides is 1. The Morgan fingerprint density at radius 2 is 2.17 bits per heavy atom. The first-order chi connectivity index (χ1) is 10.3. The molecule has 2 aromatic rings. The molecule has 4 nitrogen and oxygen atoms in total. The van der Waals surface area contributed by atoms with Crippen molar-refractivity contribution in [3.8, 4) is 0 Å². The fourth-order valence-electron chi connectivity index (χ4n) is 3.11. The van der Waals surface area contributed by atoms with Gasteiger partial charge in [-0.3, -0.25) is 4.79 Å². The SMILES string of the molecule is Cl.Cl.NCCC1CCCCN1C(=O)Cc1ccc2ncsc2c1. The molecule has 0 spiro atoms. The van der Waals surface area contributed by atoms with Crippen molar-refractivity contribution in [1.82, 2.24) is 9.88 Å². The van der Waals surface area contributed by atoms with E-state index in [-0.39, 0.29) is 30.7 Å². The molecule has 0 aliphatic carbocycles. The first-order valence-corrected chi connectivity index (χ1v) is 8.47. The molecule has 1 unspecified atom stereocenters. The minimum absolute atomic E-state index is 0. The van der Waals surface area contributed by atoms with Gasteiger partial charge in [-0.2, -0.15) is 0 Å². The Hall–Kier alpha value is -0.880. The van der Waals surface area contributed by atoms with Crippen molar-refractivity contribution >= 4 is 52.3 Å². The normalized spacial score (nSPS) is 17.4. The van der Waals surface area contributed by atoms with Crippen LogP contribution in [0.1, 0.15) is 31.2 Å². The van der Waals surface area contributed by atoms with Crippen LogP contribution in [-0.2, 0) is 11.2 Å². The first-order valence-electron chi connectivity index (χ1n) is 7.59. The second-order valence-electron chi connectivity index (χ2n) is 5.65. The molecule has 1 saturated heterocycles. The summed E-state index contributed by atoms with van der Waals surface area (Å²) in [6.07, 6.45) is 4.81. The van der Waals surface area contributed by atoms with Crippen molar-refractivity contribution in [2.45, 2.75) is 38.1 Å². The molecule has 3 rings (SSSR count). The van der Waals surface area contributed by atoms with E-state index in [0.29, 0.717) is 19.0 Å². The second kappa shape index (κ2) is 9.42. The molecule has 2 N–H and O–H groups in total. The summed E-state index contributed by atoms with van der Waals surface area (Å²) in [5.41, 5.74) is 9.61. The summed E-state index contributed by atoms with van der Waals surface area (Å²) in [6, 6.07) is 6.44. The number of piperidine rings is 1. The molecule has 0 radical (unpaired) electrons. The Balaban J connectivity index is 0.00000132. The van der Waals surface area contributed by atoms with Gasteiger partial charge >= 0.3 is 0 Å². The van der Waals surface area contributed by atoms with Gasteiger partial charge in [-0.25, -0.2) is 4.98 Å². The van der Waals surface area contributed by atoms with Gasteiger partial charge in [-0.1, -0.05) is 6.07 Å². The second-order valence-corrected chi connectivity index (χ2v) is 6.53. The van der Waals surface area contributed by atoms with Gasteiger partial charge < -0.3 is 10.6 Å². The number of fused-ring (bicyclic) bond motifs is 1. The summed E-state index contributed by atoms with van der Waals surface area (Å²) in [5, 5.41) is 0. The molecule has 128 valence electrons. The van der Waals surface area contributed by atoms with Gasteiger partial charge in [0, 0.05) is 12.6 Å². The van der Waals surface area contributed by atoms with Gasteiger partial charge in [0.25, 0.3) is 0 Å². The number of benzene rings is 1. The standard InChI is InChI=1S/C16H21N3OS.2ClH/c17-7-6-13-3-1-2-8-19(13)16(20)10-12-4-5-14-15(9-12)21-11-18-14;;/h4-5,9,11,13H,1-3,6-8,10,17H2;2*1H. The highest BCUT2D eigenvalue weighted by atomic mass is 35.5. The fraction of sp³-hybridized carbons (Fsp3) is 0.500. The number of hydrogen-bond acceptors (Lipinski definition) is 4. The Bertz CT molecular complexity index is 633. The van der Waals surface area contributed by atoms with Gasteiger partial charge in [-0.15, -0.1) is 36.2 Å².